The maximum Gasteiger partial charge on any atom is 0.202 e. The number of aromatic hydroxyl groups is 2. The molecule has 12 heteroatoms. The summed E-state index contributed by atoms with van der Waals surface area (Å²) in [6.07, 6.45) is 0.865. The summed E-state index contributed by atoms with van der Waals surface area (Å²) < 4.78 is 23.8. The zero-order valence-corrected chi connectivity index (χ0v) is 25.3. The average Bonchev–Trinajstić information content (AvgIpc) is 3.02. The summed E-state index contributed by atoms with van der Waals surface area (Å²) in [5, 5.41) is 44.4. The molecule has 2 aromatic carbocycles. The number of methoxy groups -OCH3 is 1. The second kappa shape index (κ2) is 11.8. The summed E-state index contributed by atoms with van der Waals surface area (Å²) in [4.78, 5) is 40.3. The highest BCUT2D eigenvalue weighted by Crippen LogP contribution is 2.53. The minimum Gasteiger partial charge on any atom is -0.507 e. The number of nitrogens with two attached hydrogens (primary N) is 1. The summed E-state index contributed by atoms with van der Waals surface area (Å²) in [7, 11) is 1.35. The molecule has 6 N–H and O–H groups in total. The van der Waals surface area contributed by atoms with Crippen LogP contribution in [-0.2, 0) is 25.4 Å². The highest BCUT2D eigenvalue weighted by atomic mass is 16.7. The maximum absolute atomic E-state index is 13.8. The first-order valence-electron chi connectivity index (χ1n) is 15.3. The Morgan fingerprint density at radius 3 is 2.44 bits per heavy atom. The number of aliphatic hydroxyl groups excluding tert-OH is 1. The van der Waals surface area contributed by atoms with Gasteiger partial charge in [-0.15, -0.1) is 0 Å². The van der Waals surface area contributed by atoms with Gasteiger partial charge in [0.1, 0.15) is 29.5 Å². The second-order valence-electron chi connectivity index (χ2n) is 12.8. The number of hydrogen-bond acceptors (Lipinski definition) is 12. The Balaban J connectivity index is 1.38. The van der Waals surface area contributed by atoms with Crippen molar-refractivity contribution in [2.45, 2.75) is 94.0 Å². The molecule has 1 aliphatic heterocycles. The average molecular weight is 626 g/mol. The van der Waals surface area contributed by atoms with Crippen LogP contribution >= 0.6 is 0 Å². The number of fused-ring (bicyclic) bond motifs is 3. The fraction of sp³-hybridized carbons (Fsp3) is 0.545. The quantitative estimate of drug-likeness (QED) is 0.241. The van der Waals surface area contributed by atoms with E-state index in [4.69, 9.17) is 24.7 Å². The SMILES string of the molecule is COc1cccc2c1C(=O)c1c(O)c3c(c(O)c1C2=O)C[C@@](O)(C(=O)CO)C[C@@H]3O[C@@H]1CC[C@@H](O[C@@H]2CCCCO2)[C@](C)(N)C1. The molecule has 1 saturated heterocycles. The van der Waals surface area contributed by atoms with Crippen LogP contribution in [0.15, 0.2) is 18.2 Å². The molecule has 0 bridgehead atoms. The molecule has 1 saturated carbocycles. The van der Waals surface area contributed by atoms with E-state index in [-0.39, 0.29) is 46.8 Å². The van der Waals surface area contributed by atoms with Gasteiger partial charge in [-0.1, -0.05) is 12.1 Å². The van der Waals surface area contributed by atoms with E-state index in [2.05, 4.69) is 0 Å². The lowest BCUT2D eigenvalue weighted by Gasteiger charge is -2.45. The summed E-state index contributed by atoms with van der Waals surface area (Å²) in [5.74, 6) is -3.47. The molecular weight excluding hydrogens is 586 g/mol. The first-order chi connectivity index (χ1) is 21.4. The molecule has 6 atom stereocenters. The molecule has 12 nitrogen and oxygen atoms in total. The van der Waals surface area contributed by atoms with Crippen molar-refractivity contribution in [3.63, 3.8) is 0 Å². The van der Waals surface area contributed by atoms with E-state index in [0.717, 1.165) is 19.3 Å². The second-order valence-corrected chi connectivity index (χ2v) is 12.8. The lowest BCUT2D eigenvalue weighted by molar-refractivity contribution is -0.214. The number of phenolic OH excluding ortho intramolecular Hbond substituents is 2. The van der Waals surface area contributed by atoms with E-state index in [1.165, 1.54) is 25.3 Å². The predicted octanol–water partition coefficient (Wildman–Crippen LogP) is 2.36. The highest BCUT2D eigenvalue weighted by Gasteiger charge is 2.50. The van der Waals surface area contributed by atoms with Crippen molar-refractivity contribution in [2.75, 3.05) is 20.3 Å². The van der Waals surface area contributed by atoms with Gasteiger partial charge in [0.25, 0.3) is 0 Å². The van der Waals surface area contributed by atoms with Gasteiger partial charge in [-0.25, -0.2) is 0 Å². The lowest BCUT2D eigenvalue weighted by Crippen LogP contribution is -2.56. The van der Waals surface area contributed by atoms with Crippen LogP contribution < -0.4 is 10.5 Å². The van der Waals surface area contributed by atoms with Crippen molar-refractivity contribution in [1.82, 2.24) is 0 Å². The molecule has 0 aromatic heterocycles. The monoisotopic (exact) mass is 625 g/mol. The third-order valence-electron chi connectivity index (χ3n) is 9.70. The summed E-state index contributed by atoms with van der Waals surface area (Å²) in [6, 6.07) is 4.46. The Morgan fingerprint density at radius 1 is 1.02 bits per heavy atom. The van der Waals surface area contributed by atoms with Crippen LogP contribution in [0.2, 0.25) is 0 Å². The standard InChI is InChI=1S/C33H39NO11/c1-32(34)12-16(9-10-22(32)45-23-8-3-4-11-43-23)44-20-14-33(41,21(36)15-35)13-18-25(20)31(40)27-26(29(18)38)28(37)17-6-5-7-19(42-2)24(17)30(27)39/h5-7,16,20,22-23,35,38,40-41H,3-4,8-15,34H2,1-2H3/t16-,20+,22-,23-,32-,33+/m1/s1. The van der Waals surface area contributed by atoms with E-state index in [1.54, 1.807) is 0 Å². The number of benzene rings is 2. The Bertz CT molecular complexity index is 1550. The fourth-order valence-electron chi connectivity index (χ4n) is 7.36. The van der Waals surface area contributed by atoms with Crippen molar-refractivity contribution in [3.05, 3.63) is 51.6 Å². The van der Waals surface area contributed by atoms with Gasteiger partial charge >= 0.3 is 0 Å². The van der Waals surface area contributed by atoms with Gasteiger partial charge in [0.05, 0.1) is 42.1 Å². The number of hydrogen-bond donors (Lipinski definition) is 5. The molecule has 2 fully saturated rings. The van der Waals surface area contributed by atoms with Crippen LogP contribution in [0.5, 0.6) is 17.2 Å². The van der Waals surface area contributed by atoms with Crippen LogP contribution in [-0.4, -0.2) is 87.7 Å². The van der Waals surface area contributed by atoms with Gasteiger partial charge in [0.15, 0.2) is 17.9 Å². The molecule has 4 aliphatic rings. The number of phenols is 2. The Labute approximate surface area is 260 Å². The van der Waals surface area contributed by atoms with E-state index >= 15 is 0 Å². The van der Waals surface area contributed by atoms with Gasteiger partial charge in [-0.05, 0) is 51.5 Å². The minimum atomic E-state index is -2.18. The van der Waals surface area contributed by atoms with E-state index in [9.17, 15) is 34.8 Å². The number of carbonyl (C=O) groups excluding carboxylic acids is 3. The topological polar surface area (TPSA) is 195 Å². The smallest absolute Gasteiger partial charge is 0.202 e. The number of rotatable bonds is 7. The van der Waals surface area contributed by atoms with Crippen molar-refractivity contribution in [1.29, 1.82) is 0 Å². The Kier molecular flexibility index (Phi) is 8.25. The molecule has 0 radical (unpaired) electrons. The van der Waals surface area contributed by atoms with E-state index in [0.29, 0.717) is 25.9 Å². The largest absolute Gasteiger partial charge is 0.507 e. The maximum atomic E-state index is 13.8. The zero-order chi connectivity index (χ0) is 32.3. The van der Waals surface area contributed by atoms with Crippen molar-refractivity contribution >= 4 is 17.3 Å². The Morgan fingerprint density at radius 2 is 1.78 bits per heavy atom. The van der Waals surface area contributed by atoms with Crippen LogP contribution in [0.4, 0.5) is 0 Å². The first-order valence-corrected chi connectivity index (χ1v) is 15.3. The molecule has 1 heterocycles. The Hall–Kier alpha value is -3.39. The van der Waals surface area contributed by atoms with Crippen molar-refractivity contribution in [2.24, 2.45) is 5.73 Å². The molecule has 2 aromatic rings. The van der Waals surface area contributed by atoms with Crippen LogP contribution in [0.3, 0.4) is 0 Å². The summed E-state index contributed by atoms with van der Waals surface area (Å²) >= 11 is 0. The number of aliphatic hydroxyl groups is 2. The predicted molar refractivity (Wildman–Crippen MR) is 158 cm³/mol. The van der Waals surface area contributed by atoms with Crippen molar-refractivity contribution < 1.29 is 53.8 Å². The number of ether oxygens (including phenoxy) is 4. The number of Topliss-reactive ketones (excluding diaryl/α,β-unsaturated/α-hetero) is 1. The molecule has 6 rings (SSSR count). The minimum absolute atomic E-state index is 0.00568. The third-order valence-corrected chi connectivity index (χ3v) is 9.70. The third kappa shape index (κ3) is 5.33. The van der Waals surface area contributed by atoms with Gasteiger partial charge in [0.2, 0.25) is 5.78 Å². The van der Waals surface area contributed by atoms with Crippen molar-refractivity contribution in [3.8, 4) is 17.2 Å². The summed E-state index contributed by atoms with van der Waals surface area (Å²) in [5.41, 5.74) is 2.68. The van der Waals surface area contributed by atoms with E-state index in [1.807, 2.05) is 6.92 Å². The van der Waals surface area contributed by atoms with Crippen LogP contribution in [0.25, 0.3) is 0 Å². The molecule has 242 valence electrons. The summed E-state index contributed by atoms with van der Waals surface area (Å²) in [6.45, 7) is 1.51. The van der Waals surface area contributed by atoms with Crippen LogP contribution in [0, 0.1) is 0 Å². The lowest BCUT2D eigenvalue weighted by atomic mass is 9.71. The molecule has 45 heavy (non-hydrogen) atoms. The molecule has 0 spiro atoms. The molecular formula is C33H39NO11. The van der Waals surface area contributed by atoms with Gasteiger partial charge < -0.3 is 45.1 Å². The zero-order valence-electron chi connectivity index (χ0n) is 25.3. The van der Waals surface area contributed by atoms with Gasteiger partial charge in [-0.2, -0.15) is 0 Å². The molecule has 0 amide bonds. The first kappa shape index (κ1) is 31.6. The highest BCUT2D eigenvalue weighted by molar-refractivity contribution is 6.31. The molecule has 3 aliphatic carbocycles. The van der Waals surface area contributed by atoms with Gasteiger partial charge in [0, 0.05) is 41.7 Å². The fourth-order valence-corrected chi connectivity index (χ4v) is 7.36. The number of carbonyl (C=O) groups is 3. The normalized spacial score (nSPS) is 31.1. The number of ketones is 3. The van der Waals surface area contributed by atoms with E-state index < -0.39 is 76.4 Å². The van der Waals surface area contributed by atoms with Gasteiger partial charge in [-0.3, -0.25) is 14.4 Å². The molecule has 0 unspecified atom stereocenters. The van der Waals surface area contributed by atoms with Crippen LogP contribution in [0.1, 0.15) is 101 Å².